The van der Waals surface area contributed by atoms with Gasteiger partial charge in [0, 0.05) is 23.7 Å². The Morgan fingerprint density at radius 3 is 2.49 bits per heavy atom. The average Bonchev–Trinajstić information content (AvgIpc) is 3.34. The summed E-state index contributed by atoms with van der Waals surface area (Å²) in [6.07, 6.45) is 4.60. The maximum Gasteiger partial charge on any atom is 0.410 e. The number of hydrogen-bond donors (Lipinski definition) is 1. The molecule has 0 spiro atoms. The zero-order valence-corrected chi connectivity index (χ0v) is 22.6. The number of benzene rings is 2. The zero-order valence-electron chi connectivity index (χ0n) is 22.6. The Bertz CT molecular complexity index is 1290. The first-order chi connectivity index (χ1) is 18.6. The van der Waals surface area contributed by atoms with Crippen LogP contribution in [0.3, 0.4) is 0 Å². The molecule has 1 aromatic heterocycles. The molecule has 1 amide bonds. The number of carbonyl (C=O) groups excluding carboxylic acids is 2. The van der Waals surface area contributed by atoms with Crippen LogP contribution in [0.2, 0.25) is 0 Å². The monoisotopic (exact) mass is 533 g/mol. The molecule has 3 aromatic rings. The molecule has 0 atom stereocenters. The minimum atomic E-state index is -0.726. The third-order valence-electron chi connectivity index (χ3n) is 5.45. The number of carbonyl (C=O) groups is 2. The van der Waals surface area contributed by atoms with Crippen molar-refractivity contribution >= 4 is 12.1 Å². The minimum Gasteiger partial charge on any atom is -0.507 e. The number of hydrogen-bond acceptors (Lipinski definition) is 7. The molecular formula is C31H35NO7. The van der Waals surface area contributed by atoms with Crippen LogP contribution in [0.4, 0.5) is 4.79 Å². The van der Waals surface area contributed by atoms with E-state index in [-0.39, 0.29) is 48.9 Å². The zero-order chi connectivity index (χ0) is 28.4. The number of ether oxygens (including phenoxy) is 3. The van der Waals surface area contributed by atoms with E-state index in [2.05, 4.69) is 13.2 Å². The lowest BCUT2D eigenvalue weighted by Crippen LogP contribution is -2.36. The maximum absolute atomic E-state index is 13.1. The van der Waals surface area contributed by atoms with E-state index in [9.17, 15) is 14.7 Å². The van der Waals surface area contributed by atoms with Crippen LogP contribution in [0.1, 0.15) is 48.7 Å². The van der Waals surface area contributed by atoms with Gasteiger partial charge in [0.05, 0.1) is 19.4 Å². The van der Waals surface area contributed by atoms with E-state index in [1.165, 1.54) is 17.2 Å². The van der Waals surface area contributed by atoms with E-state index in [4.69, 9.17) is 18.6 Å². The Labute approximate surface area is 229 Å². The summed E-state index contributed by atoms with van der Waals surface area (Å²) >= 11 is 0. The van der Waals surface area contributed by atoms with Gasteiger partial charge in [-0.2, -0.15) is 0 Å². The highest BCUT2D eigenvalue weighted by molar-refractivity contribution is 6.00. The number of phenols is 1. The van der Waals surface area contributed by atoms with Gasteiger partial charge in [0.2, 0.25) is 0 Å². The molecule has 0 saturated heterocycles. The number of amides is 1. The first-order valence-electron chi connectivity index (χ1n) is 12.6. The maximum atomic E-state index is 13.1. The molecule has 0 aliphatic heterocycles. The fourth-order valence-corrected chi connectivity index (χ4v) is 3.71. The van der Waals surface area contributed by atoms with Gasteiger partial charge in [-0.15, -0.1) is 13.2 Å². The summed E-state index contributed by atoms with van der Waals surface area (Å²) in [5.74, 6) is -0.441. The van der Waals surface area contributed by atoms with E-state index >= 15 is 0 Å². The van der Waals surface area contributed by atoms with E-state index in [1.807, 2.05) is 30.3 Å². The topological polar surface area (TPSA) is 98.4 Å². The predicted octanol–water partition coefficient (Wildman–Crippen LogP) is 6.89. The largest absolute Gasteiger partial charge is 0.507 e. The van der Waals surface area contributed by atoms with Gasteiger partial charge in [-0.25, -0.2) is 9.59 Å². The SMILES string of the molecule is C=CCCOC(=O)c1c(O)cc(OCc2ccccc2)cc1-c1occc1CN(CC=C)C(=O)OC(C)(C)C. The van der Waals surface area contributed by atoms with Crippen molar-refractivity contribution in [3.8, 4) is 22.8 Å². The molecule has 206 valence electrons. The van der Waals surface area contributed by atoms with Gasteiger partial charge in [0.25, 0.3) is 0 Å². The third kappa shape index (κ3) is 8.26. The van der Waals surface area contributed by atoms with Crippen molar-refractivity contribution in [3.63, 3.8) is 0 Å². The number of nitrogens with zero attached hydrogens (tertiary/aromatic N) is 1. The smallest absolute Gasteiger partial charge is 0.410 e. The van der Waals surface area contributed by atoms with Gasteiger partial charge in [-0.3, -0.25) is 0 Å². The summed E-state index contributed by atoms with van der Waals surface area (Å²) in [5, 5.41) is 10.9. The van der Waals surface area contributed by atoms with Gasteiger partial charge in [-0.05, 0) is 44.9 Å². The van der Waals surface area contributed by atoms with Gasteiger partial charge >= 0.3 is 12.1 Å². The summed E-state index contributed by atoms with van der Waals surface area (Å²) < 4.78 is 22.6. The van der Waals surface area contributed by atoms with Crippen molar-refractivity contribution in [3.05, 3.63) is 96.8 Å². The van der Waals surface area contributed by atoms with E-state index in [0.29, 0.717) is 17.7 Å². The highest BCUT2D eigenvalue weighted by atomic mass is 16.6. The number of phenolic OH excluding ortho intramolecular Hbond substituents is 1. The van der Waals surface area contributed by atoms with Crippen molar-refractivity contribution in [2.45, 2.75) is 45.9 Å². The number of aromatic hydroxyl groups is 1. The van der Waals surface area contributed by atoms with E-state index < -0.39 is 17.7 Å². The molecule has 1 heterocycles. The summed E-state index contributed by atoms with van der Waals surface area (Å²) in [4.78, 5) is 27.4. The second-order valence-electron chi connectivity index (χ2n) is 9.78. The standard InChI is InChI=1S/C31H35NO7/c1-6-8-16-37-29(34)27-25(18-24(19-26(27)33)38-21-22-12-10-9-11-13-22)28-23(14-17-36-28)20-32(15-7-2)30(35)39-31(3,4)5/h6-7,9-14,17-19,33H,1-2,8,15-16,20-21H2,3-5H3. The van der Waals surface area contributed by atoms with Crippen molar-refractivity contribution in [1.82, 2.24) is 4.90 Å². The molecule has 0 saturated carbocycles. The minimum absolute atomic E-state index is 0.0742. The molecule has 0 aliphatic rings. The van der Waals surface area contributed by atoms with Gasteiger partial charge in [-0.1, -0.05) is 42.5 Å². The van der Waals surface area contributed by atoms with Crippen molar-refractivity contribution < 1.29 is 33.3 Å². The van der Waals surface area contributed by atoms with Crippen LogP contribution in [0.5, 0.6) is 11.5 Å². The van der Waals surface area contributed by atoms with Gasteiger partial charge in [0.1, 0.15) is 35.0 Å². The lowest BCUT2D eigenvalue weighted by Gasteiger charge is -2.26. The first kappa shape index (κ1) is 29.1. The van der Waals surface area contributed by atoms with Crippen molar-refractivity contribution in [1.29, 1.82) is 0 Å². The molecule has 3 rings (SSSR count). The van der Waals surface area contributed by atoms with Crippen molar-refractivity contribution in [2.75, 3.05) is 13.2 Å². The normalized spacial score (nSPS) is 10.9. The van der Waals surface area contributed by atoms with Crippen LogP contribution in [-0.2, 0) is 22.6 Å². The quantitative estimate of drug-likeness (QED) is 0.154. The van der Waals surface area contributed by atoms with E-state index in [0.717, 1.165) is 5.56 Å². The summed E-state index contributed by atoms with van der Waals surface area (Å²) in [6.45, 7) is 13.4. The Kier molecular flexibility index (Phi) is 9.98. The fraction of sp³-hybridized carbons (Fsp3) is 0.290. The van der Waals surface area contributed by atoms with Gasteiger partial charge in [0.15, 0.2) is 0 Å². The van der Waals surface area contributed by atoms with Crippen LogP contribution in [-0.4, -0.2) is 40.8 Å². The second kappa shape index (κ2) is 13.4. The van der Waals surface area contributed by atoms with E-state index in [1.54, 1.807) is 45.1 Å². The Morgan fingerprint density at radius 2 is 1.82 bits per heavy atom. The molecule has 0 unspecified atom stereocenters. The lowest BCUT2D eigenvalue weighted by molar-refractivity contribution is 0.0256. The molecule has 0 bridgehead atoms. The molecule has 8 heteroatoms. The van der Waals surface area contributed by atoms with Crippen LogP contribution in [0, 0.1) is 0 Å². The Balaban J connectivity index is 2.00. The Morgan fingerprint density at radius 1 is 1.08 bits per heavy atom. The summed E-state index contributed by atoms with van der Waals surface area (Å²) in [5.41, 5.74) is 1.03. The third-order valence-corrected chi connectivity index (χ3v) is 5.45. The molecule has 0 aliphatic carbocycles. The van der Waals surface area contributed by atoms with Crippen molar-refractivity contribution in [2.24, 2.45) is 0 Å². The average molecular weight is 534 g/mol. The molecule has 0 fully saturated rings. The highest BCUT2D eigenvalue weighted by Crippen LogP contribution is 2.38. The van der Waals surface area contributed by atoms with Gasteiger partial charge < -0.3 is 28.6 Å². The molecule has 1 N–H and O–H groups in total. The molecule has 0 radical (unpaired) electrons. The molecule has 2 aromatic carbocycles. The lowest BCUT2D eigenvalue weighted by atomic mass is 10.0. The number of rotatable bonds is 12. The predicted molar refractivity (Wildman–Crippen MR) is 149 cm³/mol. The second-order valence-corrected chi connectivity index (χ2v) is 9.78. The number of furan rings is 1. The van der Waals surface area contributed by atoms with Crippen LogP contribution < -0.4 is 4.74 Å². The Hall–Kier alpha value is -4.46. The van der Waals surface area contributed by atoms with Crippen LogP contribution >= 0.6 is 0 Å². The fourth-order valence-electron chi connectivity index (χ4n) is 3.71. The summed E-state index contributed by atoms with van der Waals surface area (Å²) in [6, 6.07) is 14.2. The molecule has 8 nitrogen and oxygen atoms in total. The number of esters is 1. The van der Waals surface area contributed by atoms with Crippen LogP contribution in [0.25, 0.3) is 11.3 Å². The first-order valence-corrected chi connectivity index (χ1v) is 12.6. The van der Waals surface area contributed by atoms with Crippen LogP contribution in [0.15, 0.2) is 84.5 Å². The summed E-state index contributed by atoms with van der Waals surface area (Å²) in [7, 11) is 0. The molecular weight excluding hydrogens is 498 g/mol. The highest BCUT2D eigenvalue weighted by Gasteiger charge is 2.27. The molecule has 39 heavy (non-hydrogen) atoms.